The van der Waals surface area contributed by atoms with Gasteiger partial charge in [-0.2, -0.15) is 0 Å². The highest BCUT2D eigenvalue weighted by Gasteiger charge is 2.32. The summed E-state index contributed by atoms with van der Waals surface area (Å²) >= 11 is 0. The first kappa shape index (κ1) is 8.75. The molecule has 0 amide bonds. The molecule has 1 aromatic rings. The van der Waals surface area contributed by atoms with Crippen LogP contribution in [0, 0.1) is 0 Å². The van der Waals surface area contributed by atoms with Crippen molar-refractivity contribution in [2.45, 2.75) is 44.1 Å². The lowest BCUT2D eigenvalue weighted by molar-refractivity contribution is 0.0126. The van der Waals surface area contributed by atoms with E-state index in [4.69, 9.17) is 0 Å². The molecule has 0 spiro atoms. The molecule has 1 aliphatic carbocycles. The largest absolute Gasteiger partial charge is 0.382 e. The van der Waals surface area contributed by atoms with Gasteiger partial charge in [-0.3, -0.25) is 0 Å². The number of H-pyrrole nitrogens is 1. The van der Waals surface area contributed by atoms with Crippen molar-refractivity contribution >= 4 is 0 Å². The van der Waals surface area contributed by atoms with E-state index in [1.807, 2.05) is 0 Å². The van der Waals surface area contributed by atoms with Gasteiger partial charge in [0.2, 0.25) is 0 Å². The molecule has 2 rings (SSSR count). The van der Waals surface area contributed by atoms with E-state index >= 15 is 0 Å². The summed E-state index contributed by atoms with van der Waals surface area (Å²) in [5.41, 5.74) is -0.681. The van der Waals surface area contributed by atoms with Gasteiger partial charge in [0.15, 0.2) is 0 Å². The molecular formula is C10H16N2O. The van der Waals surface area contributed by atoms with Crippen LogP contribution < -0.4 is 0 Å². The summed E-state index contributed by atoms with van der Waals surface area (Å²) in [6.45, 7) is 0. The van der Waals surface area contributed by atoms with Crippen molar-refractivity contribution in [1.29, 1.82) is 0 Å². The average Bonchev–Trinajstić information content (AvgIpc) is 2.57. The number of hydrogen-bond donors (Lipinski definition) is 2. The molecule has 1 fully saturated rings. The number of aromatic nitrogens is 2. The molecular weight excluding hydrogens is 164 g/mol. The molecule has 3 heteroatoms. The molecule has 0 aromatic carbocycles. The molecule has 0 bridgehead atoms. The number of rotatable bonds is 1. The van der Waals surface area contributed by atoms with Crippen molar-refractivity contribution in [2.24, 2.45) is 0 Å². The van der Waals surface area contributed by atoms with Crippen LogP contribution in [0.3, 0.4) is 0 Å². The minimum atomic E-state index is -0.681. The van der Waals surface area contributed by atoms with Crippen molar-refractivity contribution in [1.82, 2.24) is 9.97 Å². The highest BCUT2D eigenvalue weighted by molar-refractivity contribution is 5.02. The molecule has 72 valence electrons. The summed E-state index contributed by atoms with van der Waals surface area (Å²) in [5, 5.41) is 10.3. The molecule has 13 heavy (non-hydrogen) atoms. The van der Waals surface area contributed by atoms with Crippen LogP contribution in [-0.4, -0.2) is 15.1 Å². The summed E-state index contributed by atoms with van der Waals surface area (Å²) in [6.07, 6.45) is 9.87. The van der Waals surface area contributed by atoms with E-state index < -0.39 is 5.60 Å². The van der Waals surface area contributed by atoms with Gasteiger partial charge in [-0.1, -0.05) is 25.7 Å². The Labute approximate surface area is 78.2 Å². The van der Waals surface area contributed by atoms with Crippen molar-refractivity contribution in [3.63, 3.8) is 0 Å². The van der Waals surface area contributed by atoms with Crippen LogP contribution in [0.1, 0.15) is 44.3 Å². The van der Waals surface area contributed by atoms with Crippen LogP contribution in [0.5, 0.6) is 0 Å². The molecule has 0 atom stereocenters. The third-order valence-corrected chi connectivity index (χ3v) is 2.87. The Bertz CT molecular complexity index is 248. The van der Waals surface area contributed by atoms with E-state index in [0.29, 0.717) is 0 Å². The van der Waals surface area contributed by atoms with Crippen LogP contribution in [0.15, 0.2) is 12.4 Å². The summed E-state index contributed by atoms with van der Waals surface area (Å²) in [4.78, 5) is 7.16. The van der Waals surface area contributed by atoms with Gasteiger partial charge in [-0.25, -0.2) is 4.98 Å². The zero-order chi connectivity index (χ0) is 9.15. The molecule has 0 aliphatic heterocycles. The molecule has 3 nitrogen and oxygen atoms in total. The first-order valence-corrected chi connectivity index (χ1v) is 5.03. The Hall–Kier alpha value is -0.830. The standard InChI is InChI=1S/C10H16N2O/c13-10(9-11-7-8-12-9)5-3-1-2-4-6-10/h7-8,13H,1-6H2,(H,11,12). The molecule has 1 aliphatic rings. The van der Waals surface area contributed by atoms with Gasteiger partial charge in [0.1, 0.15) is 11.4 Å². The number of hydrogen-bond acceptors (Lipinski definition) is 2. The minimum absolute atomic E-state index is 0.681. The topological polar surface area (TPSA) is 48.9 Å². The monoisotopic (exact) mass is 180 g/mol. The number of aromatic amines is 1. The van der Waals surface area contributed by atoms with Gasteiger partial charge in [-0.05, 0) is 12.8 Å². The van der Waals surface area contributed by atoms with Crippen LogP contribution in [0.4, 0.5) is 0 Å². The van der Waals surface area contributed by atoms with Crippen molar-refractivity contribution < 1.29 is 5.11 Å². The highest BCUT2D eigenvalue weighted by Crippen LogP contribution is 2.33. The maximum absolute atomic E-state index is 10.3. The summed E-state index contributed by atoms with van der Waals surface area (Å²) < 4.78 is 0. The normalized spacial score (nSPS) is 22.5. The fraction of sp³-hybridized carbons (Fsp3) is 0.700. The van der Waals surface area contributed by atoms with Crippen molar-refractivity contribution in [3.05, 3.63) is 18.2 Å². The smallest absolute Gasteiger partial charge is 0.138 e. The number of imidazole rings is 1. The third kappa shape index (κ3) is 1.75. The summed E-state index contributed by atoms with van der Waals surface area (Å²) in [6, 6.07) is 0. The fourth-order valence-electron chi connectivity index (χ4n) is 2.07. The van der Waals surface area contributed by atoms with Crippen LogP contribution in [0.2, 0.25) is 0 Å². The molecule has 1 aromatic heterocycles. The van der Waals surface area contributed by atoms with Crippen LogP contribution in [-0.2, 0) is 5.60 Å². The Morgan fingerprint density at radius 1 is 1.23 bits per heavy atom. The lowest BCUT2D eigenvalue weighted by Gasteiger charge is -2.23. The molecule has 0 radical (unpaired) electrons. The maximum Gasteiger partial charge on any atom is 0.138 e. The number of nitrogens with one attached hydrogen (secondary N) is 1. The van der Waals surface area contributed by atoms with Crippen molar-refractivity contribution in [3.8, 4) is 0 Å². The molecule has 0 saturated heterocycles. The second-order valence-electron chi connectivity index (χ2n) is 3.88. The van der Waals surface area contributed by atoms with E-state index in [2.05, 4.69) is 9.97 Å². The summed E-state index contributed by atoms with van der Waals surface area (Å²) in [7, 11) is 0. The Balaban J connectivity index is 2.17. The van der Waals surface area contributed by atoms with Gasteiger partial charge in [-0.15, -0.1) is 0 Å². The second-order valence-corrected chi connectivity index (χ2v) is 3.88. The van der Waals surface area contributed by atoms with Gasteiger partial charge in [0.05, 0.1) is 0 Å². The maximum atomic E-state index is 10.3. The Kier molecular flexibility index (Phi) is 2.36. The van der Waals surface area contributed by atoms with Gasteiger partial charge >= 0.3 is 0 Å². The minimum Gasteiger partial charge on any atom is -0.382 e. The fourth-order valence-corrected chi connectivity index (χ4v) is 2.07. The Morgan fingerprint density at radius 2 is 1.92 bits per heavy atom. The predicted molar refractivity (Wildman–Crippen MR) is 50.2 cm³/mol. The Morgan fingerprint density at radius 3 is 2.46 bits per heavy atom. The van der Waals surface area contributed by atoms with Crippen LogP contribution in [0.25, 0.3) is 0 Å². The van der Waals surface area contributed by atoms with E-state index in [-0.39, 0.29) is 0 Å². The lowest BCUT2D eigenvalue weighted by atomic mass is 9.94. The molecule has 2 N–H and O–H groups in total. The summed E-state index contributed by atoms with van der Waals surface area (Å²) in [5.74, 6) is 0.745. The number of aliphatic hydroxyl groups is 1. The van der Waals surface area contributed by atoms with E-state index in [9.17, 15) is 5.11 Å². The second kappa shape index (κ2) is 3.50. The van der Waals surface area contributed by atoms with E-state index in [1.54, 1.807) is 12.4 Å². The quantitative estimate of drug-likeness (QED) is 0.649. The van der Waals surface area contributed by atoms with Gasteiger partial charge in [0.25, 0.3) is 0 Å². The molecule has 0 unspecified atom stereocenters. The SMILES string of the molecule is OC1(c2ncc[nH]2)CCCCCC1. The van der Waals surface area contributed by atoms with Crippen molar-refractivity contribution in [2.75, 3.05) is 0 Å². The molecule has 1 saturated carbocycles. The zero-order valence-electron chi connectivity index (χ0n) is 7.79. The van der Waals surface area contributed by atoms with Gasteiger partial charge in [0, 0.05) is 12.4 Å². The van der Waals surface area contributed by atoms with Crippen LogP contribution >= 0.6 is 0 Å². The average molecular weight is 180 g/mol. The number of nitrogens with zero attached hydrogens (tertiary/aromatic N) is 1. The lowest BCUT2D eigenvalue weighted by Crippen LogP contribution is -2.26. The highest BCUT2D eigenvalue weighted by atomic mass is 16.3. The predicted octanol–water partition coefficient (Wildman–Crippen LogP) is 1.95. The van der Waals surface area contributed by atoms with Gasteiger partial charge < -0.3 is 10.1 Å². The van der Waals surface area contributed by atoms with E-state index in [0.717, 1.165) is 31.5 Å². The molecule has 1 heterocycles. The van der Waals surface area contributed by atoms with E-state index in [1.165, 1.54) is 12.8 Å². The third-order valence-electron chi connectivity index (χ3n) is 2.87. The zero-order valence-corrected chi connectivity index (χ0v) is 7.79. The first-order valence-electron chi connectivity index (χ1n) is 5.03. The first-order chi connectivity index (χ1) is 6.31.